The molecule has 1 aliphatic rings. The first-order valence-corrected chi connectivity index (χ1v) is 6.94. The average Bonchev–Trinajstić information content (AvgIpc) is 2.56. The molecule has 1 heterocycles. The average molecular weight is 252 g/mol. The lowest BCUT2D eigenvalue weighted by molar-refractivity contribution is -0.0640. The van der Waals surface area contributed by atoms with Gasteiger partial charge < -0.3 is 9.84 Å². The van der Waals surface area contributed by atoms with Crippen molar-refractivity contribution in [3.63, 3.8) is 0 Å². The molecule has 0 aromatic heterocycles. The lowest BCUT2D eigenvalue weighted by Gasteiger charge is -2.25. The highest BCUT2D eigenvalue weighted by Crippen LogP contribution is 2.42. The molecule has 0 unspecified atom stereocenters. The number of aliphatic hydroxyl groups excluding tert-OH is 1. The van der Waals surface area contributed by atoms with E-state index >= 15 is 0 Å². The Morgan fingerprint density at radius 1 is 1.35 bits per heavy atom. The van der Waals surface area contributed by atoms with E-state index < -0.39 is 6.10 Å². The molecule has 1 fully saturated rings. The Morgan fingerprint density at radius 2 is 2.00 bits per heavy atom. The zero-order chi connectivity index (χ0) is 12.5. The van der Waals surface area contributed by atoms with Gasteiger partial charge in [0.05, 0.1) is 17.8 Å². The molecule has 2 nitrogen and oxygen atoms in total. The molecule has 1 saturated heterocycles. The monoisotopic (exact) mass is 252 g/mol. The normalized spacial score (nSPS) is 29.2. The van der Waals surface area contributed by atoms with E-state index in [1.807, 2.05) is 17.8 Å². The second-order valence-corrected chi connectivity index (χ2v) is 6.43. The zero-order valence-electron chi connectivity index (χ0n) is 10.6. The van der Waals surface area contributed by atoms with Crippen molar-refractivity contribution in [3.8, 4) is 0 Å². The lowest BCUT2D eigenvalue weighted by atomic mass is 10.0. The number of thioether (sulfide) groups is 1. The fourth-order valence-corrected chi connectivity index (χ4v) is 3.43. The van der Waals surface area contributed by atoms with Gasteiger partial charge in [-0.05, 0) is 39.3 Å². The molecule has 1 N–H and O–H groups in total. The number of rotatable bonds is 3. The second-order valence-electron chi connectivity index (χ2n) is 5.16. The summed E-state index contributed by atoms with van der Waals surface area (Å²) in [7, 11) is 0. The van der Waals surface area contributed by atoms with Crippen molar-refractivity contribution < 1.29 is 9.84 Å². The Bertz CT molecular complexity index is 362. The van der Waals surface area contributed by atoms with E-state index in [0.717, 1.165) is 6.42 Å². The van der Waals surface area contributed by atoms with Crippen molar-refractivity contribution >= 4 is 11.8 Å². The Labute approximate surface area is 107 Å². The number of ether oxygens (including phenoxy) is 1. The molecule has 0 saturated carbocycles. The summed E-state index contributed by atoms with van der Waals surface area (Å²) < 4.78 is 5.92. The quantitative estimate of drug-likeness (QED) is 0.896. The SMILES string of the molecule is C[C@@H](O)[C@@H]1C[C@H](Sc2ccccc2)C(C)(C)O1. The molecule has 0 bridgehead atoms. The fraction of sp³-hybridized carbons (Fsp3) is 0.571. The van der Waals surface area contributed by atoms with Gasteiger partial charge in [-0.25, -0.2) is 0 Å². The largest absolute Gasteiger partial charge is 0.391 e. The van der Waals surface area contributed by atoms with Gasteiger partial charge >= 0.3 is 0 Å². The third-order valence-electron chi connectivity index (χ3n) is 3.24. The minimum atomic E-state index is -0.393. The second kappa shape index (κ2) is 5.01. The van der Waals surface area contributed by atoms with Crippen LogP contribution in [-0.2, 0) is 4.74 Å². The summed E-state index contributed by atoms with van der Waals surface area (Å²) >= 11 is 1.84. The summed E-state index contributed by atoms with van der Waals surface area (Å²) in [4.78, 5) is 1.26. The maximum Gasteiger partial charge on any atom is 0.0850 e. The van der Waals surface area contributed by atoms with Gasteiger partial charge in [0, 0.05) is 10.1 Å². The highest BCUT2D eigenvalue weighted by molar-refractivity contribution is 8.00. The smallest absolute Gasteiger partial charge is 0.0850 e. The molecule has 3 atom stereocenters. The van der Waals surface area contributed by atoms with Gasteiger partial charge in [0.15, 0.2) is 0 Å². The van der Waals surface area contributed by atoms with Gasteiger partial charge in [-0.2, -0.15) is 0 Å². The molecule has 1 aromatic carbocycles. The van der Waals surface area contributed by atoms with E-state index in [1.165, 1.54) is 4.90 Å². The molecule has 17 heavy (non-hydrogen) atoms. The maximum atomic E-state index is 9.63. The fourth-order valence-electron chi connectivity index (χ4n) is 2.16. The molecule has 0 aliphatic carbocycles. The van der Waals surface area contributed by atoms with E-state index in [1.54, 1.807) is 6.92 Å². The number of hydrogen-bond acceptors (Lipinski definition) is 3. The molecule has 0 spiro atoms. The molecule has 1 aromatic rings. The molecule has 0 radical (unpaired) electrons. The van der Waals surface area contributed by atoms with Gasteiger partial charge in [0.1, 0.15) is 0 Å². The maximum absolute atomic E-state index is 9.63. The molecular weight excluding hydrogens is 232 g/mol. The lowest BCUT2D eigenvalue weighted by Crippen LogP contribution is -2.31. The third-order valence-corrected chi connectivity index (χ3v) is 4.83. The van der Waals surface area contributed by atoms with Crippen LogP contribution in [0.15, 0.2) is 35.2 Å². The first-order chi connectivity index (χ1) is 7.99. The van der Waals surface area contributed by atoms with E-state index in [9.17, 15) is 5.11 Å². The van der Waals surface area contributed by atoms with E-state index in [-0.39, 0.29) is 11.7 Å². The molecule has 0 amide bonds. The predicted octanol–water partition coefficient (Wildman–Crippen LogP) is 3.10. The Morgan fingerprint density at radius 3 is 2.53 bits per heavy atom. The van der Waals surface area contributed by atoms with Gasteiger partial charge in [0.2, 0.25) is 0 Å². The number of aliphatic hydroxyl groups is 1. The minimum Gasteiger partial charge on any atom is -0.391 e. The van der Waals surface area contributed by atoms with Crippen LogP contribution in [0.3, 0.4) is 0 Å². The van der Waals surface area contributed by atoms with Crippen LogP contribution in [0.5, 0.6) is 0 Å². The van der Waals surface area contributed by atoms with E-state index in [4.69, 9.17) is 4.74 Å². The minimum absolute atomic E-state index is 0.0359. The molecule has 2 rings (SSSR count). The molecule has 94 valence electrons. The van der Waals surface area contributed by atoms with Gasteiger partial charge in [-0.15, -0.1) is 11.8 Å². The zero-order valence-corrected chi connectivity index (χ0v) is 11.4. The first-order valence-electron chi connectivity index (χ1n) is 6.06. The topological polar surface area (TPSA) is 29.5 Å². The van der Waals surface area contributed by atoms with E-state index in [2.05, 4.69) is 38.1 Å². The van der Waals surface area contributed by atoms with Crippen molar-refractivity contribution in [2.45, 2.75) is 55.1 Å². The van der Waals surface area contributed by atoms with Crippen LogP contribution in [0.1, 0.15) is 27.2 Å². The van der Waals surface area contributed by atoms with Crippen LogP contribution in [0.25, 0.3) is 0 Å². The highest BCUT2D eigenvalue weighted by atomic mass is 32.2. The van der Waals surface area contributed by atoms with Crippen LogP contribution in [0, 0.1) is 0 Å². The Hall–Kier alpha value is -0.510. The summed E-state index contributed by atoms with van der Waals surface area (Å²) in [5, 5.41) is 10.0. The number of benzene rings is 1. The van der Waals surface area contributed by atoms with Gasteiger partial charge in [-0.1, -0.05) is 18.2 Å². The summed E-state index contributed by atoms with van der Waals surface area (Å²) in [5.41, 5.74) is -0.178. The van der Waals surface area contributed by atoms with Crippen molar-refractivity contribution in [2.75, 3.05) is 0 Å². The first kappa shape index (κ1) is 12.9. The molecule has 1 aliphatic heterocycles. The predicted molar refractivity (Wildman–Crippen MR) is 71.3 cm³/mol. The van der Waals surface area contributed by atoms with Crippen molar-refractivity contribution in [3.05, 3.63) is 30.3 Å². The van der Waals surface area contributed by atoms with Gasteiger partial charge in [0.25, 0.3) is 0 Å². The Balaban J connectivity index is 2.06. The number of hydrogen-bond donors (Lipinski definition) is 1. The summed E-state index contributed by atoms with van der Waals surface area (Å²) in [6.45, 7) is 6.02. The molecule has 3 heteroatoms. The standard InChI is InChI=1S/C14H20O2S/c1-10(15)12-9-13(14(2,3)16-12)17-11-7-5-4-6-8-11/h4-8,10,12-13,15H,9H2,1-3H3/t10-,12+,13+/m1/s1. The van der Waals surface area contributed by atoms with E-state index in [0.29, 0.717) is 5.25 Å². The van der Waals surface area contributed by atoms with Crippen LogP contribution >= 0.6 is 11.8 Å². The summed E-state index contributed by atoms with van der Waals surface area (Å²) in [5.74, 6) is 0. The van der Waals surface area contributed by atoms with Crippen molar-refractivity contribution in [1.82, 2.24) is 0 Å². The van der Waals surface area contributed by atoms with Crippen LogP contribution in [0.4, 0.5) is 0 Å². The van der Waals surface area contributed by atoms with Crippen molar-refractivity contribution in [2.24, 2.45) is 0 Å². The van der Waals surface area contributed by atoms with Crippen LogP contribution in [-0.4, -0.2) is 28.2 Å². The van der Waals surface area contributed by atoms with Crippen molar-refractivity contribution in [1.29, 1.82) is 0 Å². The Kier molecular flexibility index (Phi) is 3.81. The van der Waals surface area contributed by atoms with Crippen LogP contribution < -0.4 is 0 Å². The third kappa shape index (κ3) is 3.03. The highest BCUT2D eigenvalue weighted by Gasteiger charge is 2.43. The van der Waals surface area contributed by atoms with Crippen LogP contribution in [0.2, 0.25) is 0 Å². The molecular formula is C14H20O2S. The van der Waals surface area contributed by atoms with Gasteiger partial charge in [-0.3, -0.25) is 0 Å². The summed E-state index contributed by atoms with van der Waals surface area (Å²) in [6, 6.07) is 10.4. The summed E-state index contributed by atoms with van der Waals surface area (Å²) in [6.07, 6.45) is 0.478.